The minimum Gasteiger partial charge on any atom is -0.480 e. The number of carboxylic acids is 1. The van der Waals surface area contributed by atoms with Crippen LogP contribution in [0.2, 0.25) is 0 Å². The van der Waals surface area contributed by atoms with Crippen LogP contribution in [-0.4, -0.2) is 90.8 Å². The lowest BCUT2D eigenvalue weighted by Crippen LogP contribution is -2.48. The first kappa shape index (κ1) is 16.0. The minimum atomic E-state index is -0.944. The predicted molar refractivity (Wildman–Crippen MR) is 77.2 cm³/mol. The molecule has 0 aromatic heterocycles. The van der Waals surface area contributed by atoms with E-state index in [1.165, 1.54) is 0 Å². The highest BCUT2D eigenvalue weighted by Crippen LogP contribution is 2.19. The fourth-order valence-electron chi connectivity index (χ4n) is 2.94. The van der Waals surface area contributed by atoms with Crippen LogP contribution in [0.15, 0.2) is 0 Å². The zero-order valence-electron chi connectivity index (χ0n) is 12.8. The highest BCUT2D eigenvalue weighted by molar-refractivity contribution is 5.75. The summed E-state index contributed by atoms with van der Waals surface area (Å²) in [6.45, 7) is 2.64. The molecule has 2 saturated heterocycles. The number of carbonyl (C=O) groups excluding carboxylic acids is 1. The Labute approximate surface area is 125 Å². The minimum absolute atomic E-state index is 0.0433. The quantitative estimate of drug-likeness (QED) is 0.808. The van der Waals surface area contributed by atoms with Gasteiger partial charge >= 0.3 is 12.0 Å². The van der Waals surface area contributed by atoms with E-state index in [1.807, 2.05) is 23.9 Å². The van der Waals surface area contributed by atoms with Gasteiger partial charge in [-0.15, -0.1) is 0 Å². The van der Waals surface area contributed by atoms with Gasteiger partial charge in [0.1, 0.15) is 6.61 Å². The van der Waals surface area contributed by atoms with Gasteiger partial charge in [-0.3, -0.25) is 0 Å². The van der Waals surface area contributed by atoms with Gasteiger partial charge in [0, 0.05) is 32.2 Å². The first-order valence-corrected chi connectivity index (χ1v) is 7.51. The number of ether oxygens (including phenoxy) is 1. The number of aliphatic carboxylic acids is 1. The fraction of sp³-hybridized carbons (Fsp3) is 0.857. The summed E-state index contributed by atoms with van der Waals surface area (Å²) in [6, 6.07) is 0.557. The maximum atomic E-state index is 12.4. The largest absolute Gasteiger partial charge is 0.480 e. The van der Waals surface area contributed by atoms with E-state index in [4.69, 9.17) is 9.84 Å². The third-order valence-electron chi connectivity index (χ3n) is 4.32. The molecule has 2 amide bonds. The molecule has 2 fully saturated rings. The van der Waals surface area contributed by atoms with Crippen molar-refractivity contribution >= 4 is 12.0 Å². The average molecular weight is 299 g/mol. The number of urea groups is 1. The number of amides is 2. The number of piperidine rings is 1. The molecule has 0 aromatic carbocycles. The second-order valence-electron chi connectivity index (χ2n) is 6.03. The van der Waals surface area contributed by atoms with Gasteiger partial charge < -0.3 is 24.5 Å². The van der Waals surface area contributed by atoms with Gasteiger partial charge in [-0.25, -0.2) is 9.59 Å². The van der Waals surface area contributed by atoms with Crippen molar-refractivity contribution in [2.45, 2.75) is 31.4 Å². The SMILES string of the molecule is CN(C)C1CCN(C(=O)N2CCC(OCC(=O)O)CC2)C1. The van der Waals surface area contributed by atoms with E-state index in [9.17, 15) is 9.59 Å². The van der Waals surface area contributed by atoms with E-state index < -0.39 is 5.97 Å². The van der Waals surface area contributed by atoms with Crippen LogP contribution in [0.25, 0.3) is 0 Å². The van der Waals surface area contributed by atoms with E-state index in [0.717, 1.165) is 19.5 Å². The van der Waals surface area contributed by atoms with Crippen molar-refractivity contribution < 1.29 is 19.4 Å². The van der Waals surface area contributed by atoms with Crippen LogP contribution >= 0.6 is 0 Å². The number of rotatable bonds is 4. The number of likely N-dealkylation sites (N-methyl/N-ethyl adjacent to an activating group) is 1. The maximum Gasteiger partial charge on any atom is 0.329 e. The number of hydrogen-bond donors (Lipinski definition) is 1. The Hall–Kier alpha value is -1.34. The summed E-state index contributed by atoms with van der Waals surface area (Å²) >= 11 is 0. The number of nitrogens with zero attached hydrogens (tertiary/aromatic N) is 3. The van der Waals surface area contributed by atoms with Gasteiger partial charge in [0.15, 0.2) is 0 Å². The summed E-state index contributed by atoms with van der Waals surface area (Å²) in [5.41, 5.74) is 0. The van der Waals surface area contributed by atoms with Crippen LogP contribution in [0.1, 0.15) is 19.3 Å². The molecule has 7 heteroatoms. The molecule has 2 heterocycles. The molecule has 1 unspecified atom stereocenters. The standard InChI is InChI=1S/C14H25N3O4/c1-15(2)11-3-6-17(9-11)14(20)16-7-4-12(5-8-16)21-10-13(18)19/h11-12H,3-10H2,1-2H3,(H,18,19). The second kappa shape index (κ2) is 7.09. The van der Waals surface area contributed by atoms with Crippen molar-refractivity contribution in [1.82, 2.24) is 14.7 Å². The van der Waals surface area contributed by atoms with Crippen LogP contribution in [0, 0.1) is 0 Å². The van der Waals surface area contributed by atoms with Crippen LogP contribution in [0.4, 0.5) is 4.79 Å². The van der Waals surface area contributed by atoms with Gasteiger partial charge in [-0.1, -0.05) is 0 Å². The van der Waals surface area contributed by atoms with Gasteiger partial charge in [0.2, 0.25) is 0 Å². The molecular formula is C14H25N3O4. The summed E-state index contributed by atoms with van der Waals surface area (Å²) in [6.07, 6.45) is 2.41. The molecule has 0 spiro atoms. The van der Waals surface area contributed by atoms with Crippen molar-refractivity contribution in [3.63, 3.8) is 0 Å². The van der Waals surface area contributed by atoms with Crippen molar-refractivity contribution in [1.29, 1.82) is 0 Å². The Bertz CT molecular complexity index is 380. The molecule has 1 atom stereocenters. The molecule has 2 rings (SSSR count). The molecule has 2 aliphatic heterocycles. The van der Waals surface area contributed by atoms with Gasteiger partial charge in [0.05, 0.1) is 6.10 Å². The van der Waals surface area contributed by atoms with Crippen LogP contribution in [0.5, 0.6) is 0 Å². The van der Waals surface area contributed by atoms with Crippen molar-refractivity contribution in [2.24, 2.45) is 0 Å². The maximum absolute atomic E-state index is 12.4. The van der Waals surface area contributed by atoms with Crippen LogP contribution < -0.4 is 0 Å². The lowest BCUT2D eigenvalue weighted by atomic mass is 10.1. The van der Waals surface area contributed by atoms with Gasteiger partial charge in [-0.05, 0) is 33.4 Å². The fourth-order valence-corrected chi connectivity index (χ4v) is 2.94. The second-order valence-corrected chi connectivity index (χ2v) is 6.03. The van der Waals surface area contributed by atoms with Crippen molar-refractivity contribution in [3.05, 3.63) is 0 Å². The molecular weight excluding hydrogens is 274 g/mol. The number of likely N-dealkylation sites (tertiary alicyclic amines) is 2. The van der Waals surface area contributed by atoms with Gasteiger partial charge in [-0.2, -0.15) is 0 Å². The van der Waals surface area contributed by atoms with E-state index >= 15 is 0 Å². The lowest BCUT2D eigenvalue weighted by Gasteiger charge is -2.34. The zero-order valence-corrected chi connectivity index (χ0v) is 12.8. The first-order chi connectivity index (χ1) is 9.97. The molecule has 0 radical (unpaired) electrons. The summed E-state index contributed by atoms with van der Waals surface area (Å²) in [7, 11) is 4.09. The number of carboxylic acid groups (broad SMARTS) is 1. The monoisotopic (exact) mass is 299 g/mol. The van der Waals surface area contributed by atoms with Crippen molar-refractivity contribution in [2.75, 3.05) is 46.9 Å². The van der Waals surface area contributed by atoms with Gasteiger partial charge in [0.25, 0.3) is 0 Å². The zero-order chi connectivity index (χ0) is 15.4. The van der Waals surface area contributed by atoms with Crippen LogP contribution in [0.3, 0.4) is 0 Å². The molecule has 0 saturated carbocycles. The Kier molecular flexibility index (Phi) is 5.41. The van der Waals surface area contributed by atoms with E-state index in [2.05, 4.69) is 4.90 Å². The Morgan fingerprint density at radius 3 is 2.29 bits per heavy atom. The Morgan fingerprint density at radius 2 is 1.76 bits per heavy atom. The molecule has 21 heavy (non-hydrogen) atoms. The molecule has 2 aliphatic rings. The van der Waals surface area contributed by atoms with Crippen LogP contribution in [-0.2, 0) is 9.53 Å². The topological polar surface area (TPSA) is 73.3 Å². The first-order valence-electron chi connectivity index (χ1n) is 7.51. The third-order valence-corrected chi connectivity index (χ3v) is 4.32. The Morgan fingerprint density at radius 1 is 1.14 bits per heavy atom. The summed E-state index contributed by atoms with van der Waals surface area (Å²) in [5.74, 6) is -0.944. The Balaban J connectivity index is 1.74. The lowest BCUT2D eigenvalue weighted by molar-refractivity contribution is -0.145. The molecule has 120 valence electrons. The van der Waals surface area contributed by atoms with E-state index in [1.54, 1.807) is 0 Å². The van der Waals surface area contributed by atoms with E-state index in [-0.39, 0.29) is 18.7 Å². The third kappa shape index (κ3) is 4.31. The van der Waals surface area contributed by atoms with E-state index in [0.29, 0.717) is 32.0 Å². The smallest absolute Gasteiger partial charge is 0.329 e. The molecule has 0 aromatic rings. The molecule has 0 aliphatic carbocycles. The average Bonchev–Trinajstić information content (AvgIpc) is 2.95. The summed E-state index contributed by atoms with van der Waals surface area (Å²) in [5, 5.41) is 8.60. The number of hydrogen-bond acceptors (Lipinski definition) is 4. The highest BCUT2D eigenvalue weighted by atomic mass is 16.5. The highest BCUT2D eigenvalue weighted by Gasteiger charge is 2.32. The number of carbonyl (C=O) groups is 2. The summed E-state index contributed by atoms with van der Waals surface area (Å²) < 4.78 is 5.29. The molecule has 0 bridgehead atoms. The normalized spacial score (nSPS) is 23.9. The predicted octanol–water partition coefficient (Wildman–Crippen LogP) is 0.308. The summed E-state index contributed by atoms with van der Waals surface area (Å²) in [4.78, 5) is 28.9. The molecule has 7 nitrogen and oxygen atoms in total. The van der Waals surface area contributed by atoms with Crippen molar-refractivity contribution in [3.8, 4) is 0 Å². The molecule has 1 N–H and O–H groups in total.